The van der Waals surface area contributed by atoms with E-state index in [-0.39, 0.29) is 24.2 Å². The Bertz CT molecular complexity index is 484. The molecule has 1 aromatic carbocycles. The first kappa shape index (κ1) is 14.4. The summed E-state index contributed by atoms with van der Waals surface area (Å²) in [6.45, 7) is 3.11. The van der Waals surface area contributed by atoms with E-state index >= 15 is 0 Å². The Hall–Kier alpha value is -2.04. The van der Waals surface area contributed by atoms with Gasteiger partial charge in [-0.25, -0.2) is 0 Å². The molecule has 1 N–H and O–H groups in total. The smallest absolute Gasteiger partial charge is 0.227 e. The maximum Gasteiger partial charge on any atom is 0.227 e. The van der Waals surface area contributed by atoms with Gasteiger partial charge < -0.3 is 15.0 Å². The highest BCUT2D eigenvalue weighted by Gasteiger charge is 2.34. The van der Waals surface area contributed by atoms with Crippen molar-refractivity contribution in [3.8, 4) is 5.75 Å². The molecule has 1 aliphatic rings. The Balaban J connectivity index is 2.03. The number of nitrogens with zero attached hydrogens (tertiary/aromatic N) is 1. The van der Waals surface area contributed by atoms with E-state index < -0.39 is 0 Å². The number of anilines is 1. The van der Waals surface area contributed by atoms with E-state index in [0.717, 1.165) is 17.9 Å². The fourth-order valence-electron chi connectivity index (χ4n) is 2.29. The second kappa shape index (κ2) is 6.41. The molecule has 0 spiro atoms. The van der Waals surface area contributed by atoms with Crippen LogP contribution in [0.3, 0.4) is 0 Å². The van der Waals surface area contributed by atoms with Gasteiger partial charge in [0.15, 0.2) is 0 Å². The van der Waals surface area contributed by atoms with Gasteiger partial charge in [0.1, 0.15) is 5.75 Å². The molecule has 0 saturated carbocycles. The van der Waals surface area contributed by atoms with Gasteiger partial charge in [0.05, 0.1) is 13.0 Å². The standard InChI is InChI=1S/C15H20N2O3/c1-3-8-16-15(19)11-9-14(18)17(10-11)12-4-6-13(20-2)7-5-12/h4-7,11H,3,8-10H2,1-2H3,(H,16,19)/t11-/m0/s1. The summed E-state index contributed by atoms with van der Waals surface area (Å²) in [6.07, 6.45) is 1.18. The molecule has 1 aliphatic heterocycles. The number of carbonyl (C=O) groups is 2. The van der Waals surface area contributed by atoms with Crippen LogP contribution in [0.2, 0.25) is 0 Å². The molecule has 1 saturated heterocycles. The van der Waals surface area contributed by atoms with Gasteiger partial charge in [-0.3, -0.25) is 9.59 Å². The number of carbonyl (C=O) groups excluding carboxylic acids is 2. The number of rotatable bonds is 5. The summed E-state index contributed by atoms with van der Waals surface area (Å²) < 4.78 is 5.09. The molecule has 5 nitrogen and oxygen atoms in total. The molecule has 5 heteroatoms. The number of benzene rings is 1. The first-order valence-corrected chi connectivity index (χ1v) is 6.87. The van der Waals surface area contributed by atoms with Gasteiger partial charge in [-0.15, -0.1) is 0 Å². The quantitative estimate of drug-likeness (QED) is 0.888. The van der Waals surface area contributed by atoms with Gasteiger partial charge in [0.25, 0.3) is 0 Å². The van der Waals surface area contributed by atoms with Crippen LogP contribution >= 0.6 is 0 Å². The zero-order chi connectivity index (χ0) is 14.5. The van der Waals surface area contributed by atoms with Crippen molar-refractivity contribution in [3.05, 3.63) is 24.3 Å². The fraction of sp³-hybridized carbons (Fsp3) is 0.467. The minimum Gasteiger partial charge on any atom is -0.497 e. The third-order valence-electron chi connectivity index (χ3n) is 3.43. The lowest BCUT2D eigenvalue weighted by atomic mass is 10.1. The average Bonchev–Trinajstić information content (AvgIpc) is 2.87. The van der Waals surface area contributed by atoms with E-state index in [1.165, 1.54) is 0 Å². The molecule has 108 valence electrons. The Kier molecular flexibility index (Phi) is 4.61. The Morgan fingerprint density at radius 3 is 2.70 bits per heavy atom. The number of methoxy groups -OCH3 is 1. The average molecular weight is 276 g/mol. The zero-order valence-corrected chi connectivity index (χ0v) is 11.9. The summed E-state index contributed by atoms with van der Waals surface area (Å²) in [5, 5.41) is 2.85. The largest absolute Gasteiger partial charge is 0.497 e. The summed E-state index contributed by atoms with van der Waals surface area (Å²) >= 11 is 0. The molecule has 2 amide bonds. The van der Waals surface area contributed by atoms with Crippen LogP contribution < -0.4 is 15.0 Å². The number of ether oxygens (including phenoxy) is 1. The SMILES string of the molecule is CCCNC(=O)[C@H]1CC(=O)N(c2ccc(OC)cc2)C1. The topological polar surface area (TPSA) is 58.6 Å². The second-order valence-corrected chi connectivity index (χ2v) is 4.89. The van der Waals surface area contributed by atoms with Gasteiger partial charge in [0, 0.05) is 25.2 Å². The van der Waals surface area contributed by atoms with Gasteiger partial charge in [-0.05, 0) is 30.7 Å². The molecule has 0 bridgehead atoms. The van der Waals surface area contributed by atoms with Crippen molar-refractivity contribution in [1.82, 2.24) is 5.32 Å². The van der Waals surface area contributed by atoms with E-state index in [0.29, 0.717) is 13.1 Å². The van der Waals surface area contributed by atoms with E-state index in [4.69, 9.17) is 4.74 Å². The number of hydrogen-bond acceptors (Lipinski definition) is 3. The fourth-order valence-corrected chi connectivity index (χ4v) is 2.29. The monoisotopic (exact) mass is 276 g/mol. The third kappa shape index (κ3) is 3.10. The maximum absolute atomic E-state index is 12.0. The van der Waals surface area contributed by atoms with E-state index in [1.807, 2.05) is 31.2 Å². The van der Waals surface area contributed by atoms with E-state index in [1.54, 1.807) is 12.0 Å². The minimum absolute atomic E-state index is 0.00758. The number of nitrogens with one attached hydrogen (secondary N) is 1. The Morgan fingerprint density at radius 2 is 2.10 bits per heavy atom. The minimum atomic E-state index is -0.254. The van der Waals surface area contributed by atoms with Crippen LogP contribution in [0.25, 0.3) is 0 Å². The van der Waals surface area contributed by atoms with Crippen LogP contribution in [0.5, 0.6) is 5.75 Å². The third-order valence-corrected chi connectivity index (χ3v) is 3.43. The highest BCUT2D eigenvalue weighted by Crippen LogP contribution is 2.26. The van der Waals surface area contributed by atoms with Crippen molar-refractivity contribution in [2.45, 2.75) is 19.8 Å². The predicted octanol–water partition coefficient (Wildman–Crippen LogP) is 1.57. The molecule has 0 aromatic heterocycles. The van der Waals surface area contributed by atoms with Crippen molar-refractivity contribution >= 4 is 17.5 Å². The molecule has 1 aromatic rings. The van der Waals surface area contributed by atoms with Gasteiger partial charge in [0.2, 0.25) is 11.8 Å². The summed E-state index contributed by atoms with van der Waals surface area (Å²) in [4.78, 5) is 25.6. The van der Waals surface area contributed by atoms with Crippen LogP contribution in [0.4, 0.5) is 5.69 Å². The van der Waals surface area contributed by atoms with Crippen molar-refractivity contribution in [1.29, 1.82) is 0 Å². The van der Waals surface area contributed by atoms with E-state index in [9.17, 15) is 9.59 Å². The molecule has 0 radical (unpaired) electrons. The van der Waals surface area contributed by atoms with Crippen molar-refractivity contribution in [2.24, 2.45) is 5.92 Å². The highest BCUT2D eigenvalue weighted by atomic mass is 16.5. The second-order valence-electron chi connectivity index (χ2n) is 4.89. The predicted molar refractivity (Wildman–Crippen MR) is 76.8 cm³/mol. The lowest BCUT2D eigenvalue weighted by Gasteiger charge is -2.17. The molecule has 1 fully saturated rings. The first-order chi connectivity index (χ1) is 9.65. The van der Waals surface area contributed by atoms with Gasteiger partial charge in [-0.1, -0.05) is 6.92 Å². The zero-order valence-electron chi connectivity index (χ0n) is 11.9. The summed E-state index contributed by atoms with van der Waals surface area (Å²) in [5.41, 5.74) is 0.807. The Morgan fingerprint density at radius 1 is 1.40 bits per heavy atom. The number of amides is 2. The number of hydrogen-bond donors (Lipinski definition) is 1. The summed E-state index contributed by atoms with van der Waals surface area (Å²) in [5.74, 6) is 0.455. The molecule has 2 rings (SSSR count). The van der Waals surface area contributed by atoms with Gasteiger partial charge in [-0.2, -0.15) is 0 Å². The molecule has 0 unspecified atom stereocenters. The Labute approximate surface area is 118 Å². The van der Waals surface area contributed by atoms with Crippen molar-refractivity contribution in [2.75, 3.05) is 25.1 Å². The lowest BCUT2D eigenvalue weighted by molar-refractivity contribution is -0.126. The van der Waals surface area contributed by atoms with Crippen molar-refractivity contribution < 1.29 is 14.3 Å². The van der Waals surface area contributed by atoms with Crippen LogP contribution in [-0.2, 0) is 9.59 Å². The summed E-state index contributed by atoms with van der Waals surface area (Å²) in [6, 6.07) is 7.30. The van der Waals surface area contributed by atoms with Crippen LogP contribution in [0.1, 0.15) is 19.8 Å². The normalized spacial score (nSPS) is 18.2. The lowest BCUT2D eigenvalue weighted by Crippen LogP contribution is -2.33. The molecular formula is C15H20N2O3. The van der Waals surface area contributed by atoms with Crippen LogP contribution in [-0.4, -0.2) is 32.0 Å². The van der Waals surface area contributed by atoms with Gasteiger partial charge >= 0.3 is 0 Å². The summed E-state index contributed by atoms with van der Waals surface area (Å²) in [7, 11) is 1.60. The first-order valence-electron chi connectivity index (χ1n) is 6.87. The van der Waals surface area contributed by atoms with Crippen LogP contribution in [0, 0.1) is 5.92 Å². The molecule has 20 heavy (non-hydrogen) atoms. The highest BCUT2D eigenvalue weighted by molar-refractivity contribution is 6.00. The van der Waals surface area contributed by atoms with Crippen molar-refractivity contribution in [3.63, 3.8) is 0 Å². The maximum atomic E-state index is 12.0. The molecular weight excluding hydrogens is 256 g/mol. The van der Waals surface area contributed by atoms with E-state index in [2.05, 4.69) is 5.32 Å². The molecule has 1 heterocycles. The van der Waals surface area contributed by atoms with Crippen LogP contribution in [0.15, 0.2) is 24.3 Å². The molecule has 0 aliphatic carbocycles. The molecule has 1 atom stereocenters.